The molecule has 0 aliphatic carbocycles. The van der Waals surface area contributed by atoms with E-state index in [9.17, 15) is 10.2 Å². The molecule has 10 nitrogen and oxygen atoms in total. The number of aryl methyl sites for hydroxylation is 2. The maximum absolute atomic E-state index is 11.2. The molecule has 322 valence electrons. The van der Waals surface area contributed by atoms with Crippen LogP contribution in [0.25, 0.3) is 43.6 Å². The van der Waals surface area contributed by atoms with Gasteiger partial charge in [-0.3, -0.25) is 10.0 Å². The van der Waals surface area contributed by atoms with Crippen LogP contribution in [-0.2, 0) is 13.1 Å². The standard InChI is InChI=1S/C54H52N6O4/c1-3-57-51-24-13-11-22-47(51)49-30-39(26-28-53(49)57)33-55-59(41-16-7-5-8-17-41)35-43(61)37-63-45-20-15-21-46(32-45)64-38-44(62)36-60(42-18-9-6-10-19-42)56-34-40-27-29-54-50(31-40)48-23-12-14-25-52(48)58(54)4-2/h5-34,43-44,61-62H,3-4,35-38H2,1-2H3/b55-33+,56-34+. The van der Waals surface area contributed by atoms with Crippen LogP contribution < -0.4 is 19.5 Å². The number of aliphatic hydroxyl groups excluding tert-OH is 2. The number of benzene rings is 7. The minimum absolute atomic E-state index is 0.0328. The predicted molar refractivity (Wildman–Crippen MR) is 262 cm³/mol. The molecule has 64 heavy (non-hydrogen) atoms. The molecule has 0 aliphatic heterocycles. The Morgan fingerprint density at radius 2 is 0.875 bits per heavy atom. The highest BCUT2D eigenvalue weighted by atomic mass is 16.5. The SMILES string of the molecule is CCn1c2ccccc2c2cc(/C=N/N(CC(O)COc3cccc(OCC(O)CN(/N=C/c4ccc5c(c4)c4ccccc4n5CC)c4ccccc4)c3)c3ccccc3)ccc21. The van der Waals surface area contributed by atoms with Crippen molar-refractivity contribution < 1.29 is 19.7 Å². The van der Waals surface area contributed by atoms with Gasteiger partial charge in [0.1, 0.15) is 36.9 Å². The molecule has 9 rings (SSSR count). The van der Waals surface area contributed by atoms with E-state index in [1.165, 1.54) is 43.6 Å². The molecule has 0 aliphatic rings. The normalized spacial score (nSPS) is 12.8. The van der Waals surface area contributed by atoms with Crippen LogP contribution in [-0.4, -0.2) is 70.3 Å². The largest absolute Gasteiger partial charge is 0.491 e. The summed E-state index contributed by atoms with van der Waals surface area (Å²) < 4.78 is 16.8. The number of aromatic nitrogens is 2. The first kappa shape index (κ1) is 41.9. The molecule has 2 unspecified atom stereocenters. The van der Waals surface area contributed by atoms with Gasteiger partial charge >= 0.3 is 0 Å². The second-order valence-electron chi connectivity index (χ2n) is 15.8. The van der Waals surface area contributed by atoms with Crippen LogP contribution in [0.2, 0.25) is 0 Å². The van der Waals surface area contributed by atoms with Crippen molar-refractivity contribution >= 4 is 67.4 Å². The molecule has 7 aromatic carbocycles. The van der Waals surface area contributed by atoms with Gasteiger partial charge < -0.3 is 28.8 Å². The van der Waals surface area contributed by atoms with Crippen LogP contribution in [0, 0.1) is 0 Å². The van der Waals surface area contributed by atoms with E-state index in [0.29, 0.717) is 11.5 Å². The molecule has 0 amide bonds. The number of para-hydroxylation sites is 4. The first-order valence-electron chi connectivity index (χ1n) is 21.9. The molecule has 0 saturated carbocycles. The first-order valence-corrected chi connectivity index (χ1v) is 21.9. The topological polar surface area (TPSA) is 100.0 Å². The lowest BCUT2D eigenvalue weighted by Gasteiger charge is -2.23. The van der Waals surface area contributed by atoms with Gasteiger partial charge in [-0.1, -0.05) is 91.0 Å². The lowest BCUT2D eigenvalue weighted by molar-refractivity contribution is 0.108. The molecule has 2 aromatic heterocycles. The van der Waals surface area contributed by atoms with Gasteiger partial charge in [0, 0.05) is 62.8 Å². The number of hydrogen-bond acceptors (Lipinski definition) is 8. The van der Waals surface area contributed by atoms with Gasteiger partial charge in [-0.2, -0.15) is 10.2 Å². The van der Waals surface area contributed by atoms with Gasteiger partial charge in [-0.15, -0.1) is 0 Å². The van der Waals surface area contributed by atoms with Crippen molar-refractivity contribution in [3.63, 3.8) is 0 Å². The number of rotatable bonds is 18. The summed E-state index contributed by atoms with van der Waals surface area (Å²) in [6.45, 7) is 6.58. The zero-order valence-corrected chi connectivity index (χ0v) is 36.1. The number of aliphatic hydroxyl groups is 2. The molecule has 2 heterocycles. The summed E-state index contributed by atoms with van der Waals surface area (Å²) in [6, 6.07) is 56.6. The molecule has 0 saturated heterocycles. The van der Waals surface area contributed by atoms with Crippen LogP contribution >= 0.6 is 0 Å². The van der Waals surface area contributed by atoms with Crippen molar-refractivity contribution in [1.82, 2.24) is 9.13 Å². The summed E-state index contributed by atoms with van der Waals surface area (Å²) in [5.74, 6) is 1.07. The Hall–Kier alpha value is -7.40. The molecular formula is C54H52N6O4. The number of fused-ring (bicyclic) bond motifs is 6. The summed E-state index contributed by atoms with van der Waals surface area (Å²) in [5, 5.41) is 40.6. The molecule has 2 N–H and O–H groups in total. The summed E-state index contributed by atoms with van der Waals surface area (Å²) in [4.78, 5) is 0. The van der Waals surface area contributed by atoms with Crippen molar-refractivity contribution in [2.24, 2.45) is 10.2 Å². The highest BCUT2D eigenvalue weighted by Gasteiger charge is 2.17. The molecule has 0 fully saturated rings. The van der Waals surface area contributed by atoms with E-state index in [1.807, 2.05) is 91.3 Å². The second kappa shape index (κ2) is 19.3. The van der Waals surface area contributed by atoms with Gasteiger partial charge in [0.15, 0.2) is 0 Å². The van der Waals surface area contributed by atoms with Crippen LogP contribution in [0.3, 0.4) is 0 Å². The van der Waals surface area contributed by atoms with E-state index in [1.54, 1.807) is 16.1 Å². The molecule has 10 heteroatoms. The monoisotopic (exact) mass is 848 g/mol. The van der Waals surface area contributed by atoms with Crippen LogP contribution in [0.4, 0.5) is 11.4 Å². The summed E-state index contributed by atoms with van der Waals surface area (Å²) in [7, 11) is 0. The molecular weight excluding hydrogens is 797 g/mol. The summed E-state index contributed by atoms with van der Waals surface area (Å²) in [6.07, 6.45) is 1.95. The maximum Gasteiger partial charge on any atom is 0.123 e. The fraction of sp³-hybridized carbons (Fsp3) is 0.185. The zero-order valence-electron chi connectivity index (χ0n) is 36.1. The second-order valence-corrected chi connectivity index (χ2v) is 15.8. The first-order chi connectivity index (χ1) is 31.4. The Morgan fingerprint density at radius 1 is 0.469 bits per heavy atom. The molecule has 9 aromatic rings. The number of ether oxygens (including phenoxy) is 2. The van der Waals surface area contributed by atoms with Gasteiger partial charge in [-0.05, 0) is 97.8 Å². The van der Waals surface area contributed by atoms with Crippen molar-refractivity contribution in [1.29, 1.82) is 0 Å². The van der Waals surface area contributed by atoms with Gasteiger partial charge in [-0.25, -0.2) is 0 Å². The molecule has 0 radical (unpaired) electrons. The third kappa shape index (κ3) is 9.20. The third-order valence-corrected chi connectivity index (χ3v) is 11.5. The Bertz CT molecular complexity index is 2850. The quantitative estimate of drug-likeness (QED) is 0.0659. The lowest BCUT2D eigenvalue weighted by atomic mass is 10.1. The number of anilines is 2. The molecule has 2 atom stereocenters. The summed E-state index contributed by atoms with van der Waals surface area (Å²) >= 11 is 0. The smallest absolute Gasteiger partial charge is 0.123 e. The predicted octanol–water partition coefficient (Wildman–Crippen LogP) is 10.5. The molecule has 0 spiro atoms. The van der Waals surface area contributed by atoms with Crippen molar-refractivity contribution in [2.75, 3.05) is 36.3 Å². The Morgan fingerprint density at radius 3 is 1.31 bits per heavy atom. The van der Waals surface area contributed by atoms with E-state index >= 15 is 0 Å². The van der Waals surface area contributed by atoms with Gasteiger partial charge in [0.25, 0.3) is 0 Å². The minimum Gasteiger partial charge on any atom is -0.491 e. The highest BCUT2D eigenvalue weighted by Crippen LogP contribution is 2.31. The van der Waals surface area contributed by atoms with Crippen LogP contribution in [0.5, 0.6) is 11.5 Å². The third-order valence-electron chi connectivity index (χ3n) is 11.5. The van der Waals surface area contributed by atoms with Crippen LogP contribution in [0.1, 0.15) is 25.0 Å². The van der Waals surface area contributed by atoms with Crippen molar-refractivity contribution in [3.05, 3.63) is 181 Å². The average Bonchev–Trinajstić information content (AvgIpc) is 3.84. The molecule has 0 bridgehead atoms. The fourth-order valence-corrected chi connectivity index (χ4v) is 8.44. The van der Waals surface area contributed by atoms with E-state index < -0.39 is 12.2 Å². The van der Waals surface area contributed by atoms with Gasteiger partial charge in [0.05, 0.1) is 36.9 Å². The number of nitrogens with zero attached hydrogens (tertiary/aromatic N) is 6. The fourth-order valence-electron chi connectivity index (χ4n) is 8.44. The van der Waals surface area contributed by atoms with Crippen molar-refractivity contribution in [3.8, 4) is 11.5 Å². The highest BCUT2D eigenvalue weighted by molar-refractivity contribution is 6.10. The Balaban J connectivity index is 0.827. The Kier molecular flexibility index (Phi) is 12.7. The zero-order chi connectivity index (χ0) is 43.8. The van der Waals surface area contributed by atoms with E-state index in [0.717, 1.165) is 35.6 Å². The number of hydrazone groups is 2. The van der Waals surface area contributed by atoms with Crippen molar-refractivity contribution in [2.45, 2.75) is 39.1 Å². The van der Waals surface area contributed by atoms with Gasteiger partial charge in [0.2, 0.25) is 0 Å². The van der Waals surface area contributed by atoms with E-state index in [4.69, 9.17) is 19.7 Å². The number of hydrogen-bond donors (Lipinski definition) is 2. The summed E-state index contributed by atoms with van der Waals surface area (Å²) in [5.41, 5.74) is 8.44. The average molecular weight is 849 g/mol. The van der Waals surface area contributed by atoms with Crippen LogP contribution in [0.15, 0.2) is 180 Å². The van der Waals surface area contributed by atoms with E-state index in [-0.39, 0.29) is 26.3 Å². The minimum atomic E-state index is -0.864. The van der Waals surface area contributed by atoms with E-state index in [2.05, 4.69) is 108 Å². The maximum atomic E-state index is 11.2. The Labute approximate surface area is 373 Å². The lowest BCUT2D eigenvalue weighted by Crippen LogP contribution is -2.33.